The number of carbonyl (C=O) groups excluding carboxylic acids is 4. The van der Waals surface area contributed by atoms with E-state index in [1.54, 1.807) is 37.3 Å². The number of hydrogen-bond donors (Lipinski definition) is 2. The molecule has 2 heterocycles. The molecule has 2 fully saturated rings. The number of nitrogens with zero attached hydrogens (tertiary/aromatic N) is 1. The number of aryl methyl sites for hydroxylation is 1. The summed E-state index contributed by atoms with van der Waals surface area (Å²) in [5, 5.41) is 12.2. The number of carbonyl (C=O) groups is 4. The lowest BCUT2D eigenvalue weighted by Crippen LogP contribution is -2.73. The summed E-state index contributed by atoms with van der Waals surface area (Å²) < 4.78 is 35.3. The first-order valence-electron chi connectivity index (χ1n) is 12.6. The molecule has 2 unspecified atom stereocenters. The average Bonchev–Trinajstić information content (AvgIpc) is 3.36. The third kappa shape index (κ3) is 6.89. The molecule has 0 aliphatic carbocycles. The van der Waals surface area contributed by atoms with E-state index in [1.807, 2.05) is 6.92 Å². The molecule has 2 amide bonds. The van der Waals surface area contributed by atoms with Gasteiger partial charge in [0.05, 0.1) is 18.3 Å². The number of thioether (sulfide) groups is 1. The molecule has 13 heteroatoms. The smallest absolute Gasteiger partial charge is 0.367 e. The highest BCUT2D eigenvalue weighted by Gasteiger charge is 2.54. The Bertz CT molecular complexity index is 1370. The summed E-state index contributed by atoms with van der Waals surface area (Å²) >= 11 is 0.933. The van der Waals surface area contributed by atoms with Crippen molar-refractivity contribution in [2.24, 2.45) is 0 Å². The first-order chi connectivity index (χ1) is 19.0. The molecular weight excluding hydrogens is 560 g/mol. The van der Waals surface area contributed by atoms with Crippen molar-refractivity contribution >= 4 is 45.4 Å². The van der Waals surface area contributed by atoms with Crippen molar-refractivity contribution in [2.75, 3.05) is 5.75 Å². The van der Waals surface area contributed by atoms with Crippen LogP contribution in [0.15, 0.2) is 59.5 Å². The predicted octanol–water partition coefficient (Wildman–Crippen LogP) is 1.31. The van der Waals surface area contributed by atoms with E-state index in [0.717, 1.165) is 23.7 Å². The van der Waals surface area contributed by atoms with Gasteiger partial charge in [0.1, 0.15) is 22.4 Å². The zero-order chi connectivity index (χ0) is 29.0. The average molecular weight is 591 g/mol. The van der Waals surface area contributed by atoms with Gasteiger partial charge in [0.2, 0.25) is 12.1 Å². The summed E-state index contributed by atoms with van der Waals surface area (Å²) in [6, 6.07) is 13.2. The number of benzene rings is 2. The van der Waals surface area contributed by atoms with Crippen LogP contribution in [0.1, 0.15) is 30.9 Å². The van der Waals surface area contributed by atoms with Gasteiger partial charge >= 0.3 is 16.1 Å². The van der Waals surface area contributed by atoms with Crippen molar-refractivity contribution in [3.8, 4) is 0 Å². The molecule has 2 saturated heterocycles. The minimum Gasteiger partial charge on any atom is -0.367 e. The molecule has 214 valence electrons. The molecule has 0 aromatic heterocycles. The molecule has 0 saturated carbocycles. The minimum absolute atomic E-state index is 0.0197. The van der Waals surface area contributed by atoms with Crippen LogP contribution in [0.5, 0.6) is 0 Å². The molecule has 11 nitrogen and oxygen atoms in total. The number of aliphatic hydroxyl groups excluding tert-OH is 1. The molecule has 2 aliphatic heterocycles. The molecular formula is C27H30N2O9S2. The summed E-state index contributed by atoms with van der Waals surface area (Å²) in [5.41, 5.74) is 1.49. The highest BCUT2D eigenvalue weighted by Crippen LogP contribution is 2.33. The maximum atomic E-state index is 13.0. The Balaban J connectivity index is 1.46. The summed E-state index contributed by atoms with van der Waals surface area (Å²) in [6.07, 6.45) is -1.69. The molecule has 2 aromatic carbocycles. The maximum absolute atomic E-state index is 13.0. The van der Waals surface area contributed by atoms with Crippen LogP contribution in [0, 0.1) is 6.92 Å². The van der Waals surface area contributed by atoms with E-state index in [1.165, 1.54) is 24.3 Å². The fourth-order valence-corrected chi connectivity index (χ4v) is 6.52. The van der Waals surface area contributed by atoms with Crippen molar-refractivity contribution in [2.45, 2.75) is 67.9 Å². The Kier molecular flexibility index (Phi) is 9.29. The number of ketones is 1. The van der Waals surface area contributed by atoms with Gasteiger partial charge in [-0.05, 0) is 44.4 Å². The van der Waals surface area contributed by atoms with Crippen LogP contribution in [-0.2, 0) is 44.6 Å². The molecule has 2 N–H and O–H groups in total. The van der Waals surface area contributed by atoms with E-state index in [2.05, 4.69) is 9.50 Å². The molecule has 0 spiro atoms. The zero-order valence-electron chi connectivity index (χ0n) is 21.9. The first-order valence-corrected chi connectivity index (χ1v) is 15.1. The number of Topliss-reactive ketones (excluding diaryl/α,β-unsaturated/α-hetero) is 1. The summed E-state index contributed by atoms with van der Waals surface area (Å²) in [4.78, 5) is 51.4. The van der Waals surface area contributed by atoms with E-state index in [9.17, 15) is 32.7 Å². The zero-order valence-corrected chi connectivity index (χ0v) is 23.5. The SMILES string of the molecule is Cc1ccc(S(=O)(=O)OC(=O)[C@H](O)N2C(=O)[C@@H](NC(=O)Cc3ccccc3)[C@H]2SCC(=O)C2CCC(C)O2)cc1. The number of likely N-dealkylation sites (tertiary alicyclic amines) is 1. The number of β-lactam (4-membered cyclic amide) rings is 1. The van der Waals surface area contributed by atoms with Gasteiger partial charge in [-0.3, -0.25) is 19.3 Å². The Labute approximate surface area is 236 Å². The predicted molar refractivity (Wildman–Crippen MR) is 144 cm³/mol. The lowest BCUT2D eigenvalue weighted by molar-refractivity contribution is -0.176. The Morgan fingerprint density at radius 2 is 1.80 bits per heavy atom. The van der Waals surface area contributed by atoms with Gasteiger partial charge in [-0.1, -0.05) is 48.0 Å². The van der Waals surface area contributed by atoms with Gasteiger partial charge in [0.15, 0.2) is 5.78 Å². The van der Waals surface area contributed by atoms with Gasteiger partial charge in [-0.15, -0.1) is 11.8 Å². The molecule has 4 rings (SSSR count). The topological polar surface area (TPSA) is 156 Å². The van der Waals surface area contributed by atoms with Crippen LogP contribution in [0.4, 0.5) is 0 Å². The number of ether oxygens (including phenoxy) is 1. The largest absolute Gasteiger partial charge is 0.372 e. The third-order valence-corrected chi connectivity index (χ3v) is 9.09. The molecule has 5 atom stereocenters. The Hall–Kier alpha value is -3.26. The highest BCUT2D eigenvalue weighted by atomic mass is 32.2. The van der Waals surface area contributed by atoms with Crippen molar-refractivity contribution in [3.05, 3.63) is 65.7 Å². The minimum atomic E-state index is -4.58. The van der Waals surface area contributed by atoms with E-state index in [4.69, 9.17) is 4.74 Å². The fraction of sp³-hybridized carbons (Fsp3) is 0.407. The highest BCUT2D eigenvalue weighted by molar-refractivity contribution is 8.00. The second-order valence-electron chi connectivity index (χ2n) is 9.68. The Morgan fingerprint density at radius 3 is 2.42 bits per heavy atom. The van der Waals surface area contributed by atoms with Crippen LogP contribution < -0.4 is 5.32 Å². The quantitative estimate of drug-likeness (QED) is 0.289. The second kappa shape index (κ2) is 12.5. The van der Waals surface area contributed by atoms with Gasteiger partial charge in [-0.2, -0.15) is 8.42 Å². The van der Waals surface area contributed by atoms with Gasteiger partial charge in [-0.25, -0.2) is 4.79 Å². The maximum Gasteiger partial charge on any atom is 0.372 e. The molecule has 40 heavy (non-hydrogen) atoms. The van der Waals surface area contributed by atoms with Gasteiger partial charge < -0.3 is 19.3 Å². The van der Waals surface area contributed by atoms with Crippen molar-refractivity contribution in [1.29, 1.82) is 0 Å². The van der Waals surface area contributed by atoms with E-state index in [-0.39, 0.29) is 29.0 Å². The van der Waals surface area contributed by atoms with E-state index < -0.39 is 51.6 Å². The van der Waals surface area contributed by atoms with Crippen LogP contribution in [-0.4, -0.2) is 77.6 Å². The van der Waals surface area contributed by atoms with Crippen LogP contribution >= 0.6 is 11.8 Å². The molecule has 2 aromatic rings. The number of amides is 2. The van der Waals surface area contributed by atoms with Crippen LogP contribution in [0.3, 0.4) is 0 Å². The standard InChI is InChI=1S/C27H30N2O9S2/c1-16-8-11-19(12-9-16)40(35,36)38-27(34)25(33)29-24(32)23(28-22(31)14-18-6-4-3-5-7-18)26(29)39-15-20(30)21-13-10-17(2)37-21/h3-9,11-12,17,21,23,25-26,33H,10,13-15H2,1-2H3,(H,28,31)/t17?,21?,23-,25+,26-/m1/s1. The van der Waals surface area contributed by atoms with Crippen molar-refractivity contribution in [3.63, 3.8) is 0 Å². The van der Waals surface area contributed by atoms with Crippen molar-refractivity contribution in [1.82, 2.24) is 10.2 Å². The third-order valence-electron chi connectivity index (χ3n) is 6.57. The summed E-state index contributed by atoms with van der Waals surface area (Å²) in [6.45, 7) is 3.61. The Morgan fingerprint density at radius 1 is 1.12 bits per heavy atom. The van der Waals surface area contributed by atoms with Crippen molar-refractivity contribution < 1.29 is 41.6 Å². The van der Waals surface area contributed by atoms with Gasteiger partial charge in [0, 0.05) is 0 Å². The molecule has 0 radical (unpaired) electrons. The van der Waals surface area contributed by atoms with Crippen LogP contribution in [0.25, 0.3) is 0 Å². The molecule has 0 bridgehead atoms. The normalized spacial score (nSPS) is 23.3. The monoisotopic (exact) mass is 590 g/mol. The van der Waals surface area contributed by atoms with Crippen LogP contribution in [0.2, 0.25) is 0 Å². The van der Waals surface area contributed by atoms with E-state index in [0.29, 0.717) is 16.9 Å². The number of aliphatic hydroxyl groups is 1. The van der Waals surface area contributed by atoms with E-state index >= 15 is 0 Å². The molecule has 2 aliphatic rings. The number of hydrogen-bond acceptors (Lipinski definition) is 10. The number of nitrogens with one attached hydrogen (secondary N) is 1. The fourth-order valence-electron chi connectivity index (χ4n) is 4.38. The van der Waals surface area contributed by atoms with Gasteiger partial charge in [0.25, 0.3) is 5.91 Å². The first kappa shape index (κ1) is 29.7. The lowest BCUT2D eigenvalue weighted by atomic mass is 10.1. The lowest BCUT2D eigenvalue weighted by Gasteiger charge is -2.47. The summed E-state index contributed by atoms with van der Waals surface area (Å²) in [5.74, 6) is -3.25. The summed E-state index contributed by atoms with van der Waals surface area (Å²) in [7, 11) is -4.58. The second-order valence-corrected chi connectivity index (χ2v) is 12.3. The number of rotatable bonds is 11.